The van der Waals surface area contributed by atoms with Crippen LogP contribution in [0.2, 0.25) is 0 Å². The molecule has 172 valence electrons. The molecule has 2 heterocycles. The summed E-state index contributed by atoms with van der Waals surface area (Å²) in [6.07, 6.45) is 1.23. The number of allylic oxidation sites excluding steroid dienone is 1. The molecule has 2 aromatic carbocycles. The van der Waals surface area contributed by atoms with E-state index in [1.807, 2.05) is 32.9 Å². The Balaban J connectivity index is 0.000000194. The number of nitrogens with one attached hydrogen (secondary N) is 1. The van der Waals surface area contributed by atoms with E-state index in [2.05, 4.69) is 11.9 Å². The number of nitro benzene ring substituents is 1. The van der Waals surface area contributed by atoms with E-state index in [1.54, 1.807) is 6.07 Å². The van der Waals surface area contributed by atoms with Gasteiger partial charge < -0.3 is 13.9 Å². The zero-order valence-corrected chi connectivity index (χ0v) is 18.5. The van der Waals surface area contributed by atoms with Gasteiger partial charge in [-0.05, 0) is 63.1 Å². The summed E-state index contributed by atoms with van der Waals surface area (Å²) in [5, 5.41) is 13.7. The van der Waals surface area contributed by atoms with Crippen LogP contribution in [0.25, 0.3) is 11.0 Å². The molecule has 1 aliphatic heterocycles. The maximum Gasteiger partial charge on any atom is 0.412 e. The van der Waals surface area contributed by atoms with Crippen molar-refractivity contribution in [2.24, 2.45) is 0 Å². The number of non-ortho nitro benzene ring substituents is 1. The van der Waals surface area contributed by atoms with Gasteiger partial charge >= 0.3 is 11.7 Å². The fourth-order valence-corrected chi connectivity index (χ4v) is 3.03. The first-order valence-electron chi connectivity index (χ1n) is 10.2. The Labute approximate surface area is 189 Å². The van der Waals surface area contributed by atoms with Gasteiger partial charge in [-0.2, -0.15) is 0 Å². The second kappa shape index (κ2) is 9.56. The van der Waals surface area contributed by atoms with Crippen molar-refractivity contribution in [3.8, 4) is 5.75 Å². The van der Waals surface area contributed by atoms with E-state index in [0.29, 0.717) is 16.7 Å². The molecule has 33 heavy (non-hydrogen) atoms. The molecule has 1 aromatic heterocycles. The molecule has 1 N–H and O–H groups in total. The van der Waals surface area contributed by atoms with Gasteiger partial charge in [-0.1, -0.05) is 6.58 Å². The molecule has 0 saturated heterocycles. The molecule has 0 saturated carbocycles. The highest BCUT2D eigenvalue weighted by Gasteiger charge is 2.18. The van der Waals surface area contributed by atoms with Gasteiger partial charge in [-0.25, -0.2) is 9.59 Å². The Morgan fingerprint density at radius 3 is 2.58 bits per heavy atom. The smallest absolute Gasteiger partial charge is 0.412 e. The van der Waals surface area contributed by atoms with E-state index in [4.69, 9.17) is 13.9 Å². The lowest BCUT2D eigenvalue weighted by atomic mass is 10.0. The topological polar surface area (TPSA) is 121 Å². The van der Waals surface area contributed by atoms with Crippen molar-refractivity contribution in [1.82, 2.24) is 0 Å². The summed E-state index contributed by atoms with van der Waals surface area (Å²) < 4.78 is 15.6. The first kappa shape index (κ1) is 23.5. The lowest BCUT2D eigenvalue weighted by Crippen LogP contribution is -2.27. The third-order valence-electron chi connectivity index (χ3n) is 4.45. The summed E-state index contributed by atoms with van der Waals surface area (Å²) in [5.41, 5.74) is 1.14. The lowest BCUT2D eigenvalue weighted by Gasteiger charge is -2.21. The number of ether oxygens (including phenoxy) is 2. The lowest BCUT2D eigenvalue weighted by molar-refractivity contribution is -0.384. The molecule has 0 bridgehead atoms. The van der Waals surface area contributed by atoms with Crippen LogP contribution in [0.15, 0.2) is 70.1 Å². The van der Waals surface area contributed by atoms with Crippen LogP contribution in [0.3, 0.4) is 0 Å². The molecule has 9 heteroatoms. The molecule has 0 fully saturated rings. The summed E-state index contributed by atoms with van der Waals surface area (Å²) in [6.45, 7) is 9.31. The molecule has 9 nitrogen and oxygen atoms in total. The number of fused-ring (bicyclic) bond motifs is 2. The molecule has 3 aromatic rings. The molecule has 0 spiro atoms. The Hall–Kier alpha value is -4.14. The van der Waals surface area contributed by atoms with E-state index in [1.165, 1.54) is 30.3 Å². The van der Waals surface area contributed by atoms with Crippen molar-refractivity contribution >= 4 is 28.4 Å². The number of hydrogen-bond acceptors (Lipinski definition) is 7. The third-order valence-corrected chi connectivity index (χ3v) is 4.45. The van der Waals surface area contributed by atoms with Gasteiger partial charge in [0.15, 0.2) is 0 Å². The van der Waals surface area contributed by atoms with Crippen molar-refractivity contribution < 1.29 is 23.6 Å². The number of nitro groups is 1. The van der Waals surface area contributed by atoms with Gasteiger partial charge in [0.25, 0.3) is 5.69 Å². The van der Waals surface area contributed by atoms with E-state index in [9.17, 15) is 19.7 Å². The van der Waals surface area contributed by atoms with Crippen molar-refractivity contribution in [1.29, 1.82) is 0 Å². The van der Waals surface area contributed by atoms with Crippen LogP contribution < -0.4 is 15.7 Å². The number of anilines is 1. The SMILES string of the molecule is C=C1CCc2cc(NC(=O)OC(C)(C)C)ccc2O1.O=c1ccc2cc([N+](=O)[O-])ccc2o1. The molecule has 4 rings (SSSR count). The van der Waals surface area contributed by atoms with E-state index in [-0.39, 0.29) is 5.69 Å². The second-order valence-electron chi connectivity index (χ2n) is 8.32. The molecule has 0 atom stereocenters. The number of carbonyl (C=O) groups excluding carboxylic acids is 1. The largest absolute Gasteiger partial charge is 0.462 e. The van der Waals surface area contributed by atoms with Crippen LogP contribution in [0.1, 0.15) is 32.8 Å². The maximum atomic E-state index is 11.7. The highest BCUT2D eigenvalue weighted by atomic mass is 16.6. The van der Waals surface area contributed by atoms with Gasteiger partial charge in [-0.15, -0.1) is 0 Å². The zero-order chi connectivity index (χ0) is 24.2. The summed E-state index contributed by atoms with van der Waals surface area (Å²) in [6, 6.07) is 12.3. The monoisotopic (exact) mass is 452 g/mol. The maximum absolute atomic E-state index is 11.7. The van der Waals surface area contributed by atoms with Gasteiger partial charge in [0.1, 0.15) is 16.9 Å². The minimum atomic E-state index is -0.501. The standard InChI is InChI=1S/C15H19NO3.C9H5NO4/c1-10-5-6-11-9-12(7-8-13(11)18-10)16-14(17)19-15(2,3)4;11-9-4-1-6-5-7(10(12)13)2-3-8(6)14-9/h7-9H,1,5-6H2,2-4H3,(H,16,17);1-5H. The normalized spacial score (nSPS) is 12.6. The molecule has 1 aliphatic rings. The summed E-state index contributed by atoms with van der Waals surface area (Å²) in [5.74, 6) is 1.59. The fraction of sp³-hybridized carbons (Fsp3) is 0.250. The number of carbonyl (C=O) groups is 1. The zero-order valence-electron chi connectivity index (χ0n) is 18.5. The van der Waals surface area contributed by atoms with Crippen molar-refractivity contribution in [2.45, 2.75) is 39.2 Å². The van der Waals surface area contributed by atoms with Crippen LogP contribution in [0.4, 0.5) is 16.2 Å². The Morgan fingerprint density at radius 1 is 1.12 bits per heavy atom. The average Bonchev–Trinajstić information content (AvgIpc) is 2.72. The van der Waals surface area contributed by atoms with Crippen LogP contribution in [-0.2, 0) is 11.2 Å². The predicted molar refractivity (Wildman–Crippen MR) is 124 cm³/mol. The first-order chi connectivity index (χ1) is 15.5. The summed E-state index contributed by atoms with van der Waals surface area (Å²) in [4.78, 5) is 32.4. The van der Waals surface area contributed by atoms with Crippen molar-refractivity contribution in [3.05, 3.63) is 87.0 Å². The summed E-state index contributed by atoms with van der Waals surface area (Å²) >= 11 is 0. The fourth-order valence-electron chi connectivity index (χ4n) is 3.03. The highest BCUT2D eigenvalue weighted by Crippen LogP contribution is 2.31. The van der Waals surface area contributed by atoms with Crippen LogP contribution in [0.5, 0.6) is 5.75 Å². The first-order valence-corrected chi connectivity index (χ1v) is 10.2. The van der Waals surface area contributed by atoms with E-state index in [0.717, 1.165) is 29.9 Å². The minimum Gasteiger partial charge on any atom is -0.462 e. The van der Waals surface area contributed by atoms with Crippen molar-refractivity contribution in [2.75, 3.05) is 5.32 Å². The average molecular weight is 452 g/mol. The van der Waals surface area contributed by atoms with Gasteiger partial charge in [0.05, 0.1) is 10.7 Å². The second-order valence-corrected chi connectivity index (χ2v) is 8.32. The minimum absolute atomic E-state index is 0.0219. The molecule has 0 unspecified atom stereocenters. The van der Waals surface area contributed by atoms with Gasteiger partial charge in [-0.3, -0.25) is 15.4 Å². The molecular weight excluding hydrogens is 428 g/mol. The quantitative estimate of drug-likeness (QED) is 0.306. The number of hydrogen-bond donors (Lipinski definition) is 1. The predicted octanol–water partition coefficient (Wildman–Crippen LogP) is 5.57. The van der Waals surface area contributed by atoms with Crippen LogP contribution >= 0.6 is 0 Å². The molecule has 0 radical (unpaired) electrons. The number of amides is 1. The number of nitrogens with zero attached hydrogens (tertiary/aromatic N) is 1. The van der Waals surface area contributed by atoms with Crippen LogP contribution in [0, 0.1) is 10.1 Å². The Kier molecular flexibility index (Phi) is 6.81. The van der Waals surface area contributed by atoms with E-state index >= 15 is 0 Å². The molecular formula is C24H24N2O7. The Bertz CT molecular complexity index is 1270. The number of aryl methyl sites for hydroxylation is 1. The Morgan fingerprint density at radius 2 is 1.88 bits per heavy atom. The third kappa shape index (κ3) is 6.67. The van der Waals surface area contributed by atoms with Gasteiger partial charge in [0, 0.05) is 35.7 Å². The van der Waals surface area contributed by atoms with Gasteiger partial charge in [0.2, 0.25) is 0 Å². The van der Waals surface area contributed by atoms with Crippen molar-refractivity contribution in [3.63, 3.8) is 0 Å². The number of rotatable bonds is 2. The van der Waals surface area contributed by atoms with Crippen LogP contribution in [-0.4, -0.2) is 16.6 Å². The number of benzene rings is 2. The molecule has 0 aliphatic carbocycles. The summed E-state index contributed by atoms with van der Waals surface area (Å²) in [7, 11) is 0. The van der Waals surface area contributed by atoms with E-state index < -0.39 is 22.2 Å². The highest BCUT2D eigenvalue weighted by molar-refractivity contribution is 5.85. The molecule has 1 amide bonds.